The fourth-order valence-corrected chi connectivity index (χ4v) is 2.27. The number of nitrogens with zero attached hydrogens (tertiary/aromatic N) is 2. The molecule has 5 nitrogen and oxygen atoms in total. The zero-order chi connectivity index (χ0) is 16.9. The standard InChI is InChI=1S/C15H17F3N2O3/c16-15(17,18)14(22)20-9-7-19(8-10-20)13(21)6-11-23-12-4-2-1-3-5-12/h1-5H,6-11H2. The molecule has 0 saturated carbocycles. The fourth-order valence-electron chi connectivity index (χ4n) is 2.27. The first-order valence-electron chi connectivity index (χ1n) is 7.19. The van der Waals surface area contributed by atoms with Crippen LogP contribution in [-0.2, 0) is 9.59 Å². The van der Waals surface area contributed by atoms with Gasteiger partial charge < -0.3 is 14.5 Å². The smallest absolute Gasteiger partial charge is 0.471 e. The number of carbonyl (C=O) groups excluding carboxylic acids is 2. The molecule has 0 aliphatic carbocycles. The van der Waals surface area contributed by atoms with E-state index in [4.69, 9.17) is 4.74 Å². The van der Waals surface area contributed by atoms with Crippen molar-refractivity contribution in [2.45, 2.75) is 12.6 Å². The number of carbonyl (C=O) groups is 2. The number of benzene rings is 1. The Labute approximate surface area is 131 Å². The first-order valence-corrected chi connectivity index (χ1v) is 7.19. The summed E-state index contributed by atoms with van der Waals surface area (Å²) in [5.41, 5.74) is 0. The lowest BCUT2D eigenvalue weighted by Gasteiger charge is -2.35. The van der Waals surface area contributed by atoms with E-state index in [-0.39, 0.29) is 45.1 Å². The monoisotopic (exact) mass is 330 g/mol. The third-order valence-corrected chi connectivity index (χ3v) is 3.49. The minimum Gasteiger partial charge on any atom is -0.493 e. The summed E-state index contributed by atoms with van der Waals surface area (Å²) in [7, 11) is 0. The first kappa shape index (κ1) is 17.1. The van der Waals surface area contributed by atoms with Gasteiger partial charge >= 0.3 is 12.1 Å². The summed E-state index contributed by atoms with van der Waals surface area (Å²) in [6.07, 6.45) is -4.72. The second-order valence-corrected chi connectivity index (χ2v) is 5.08. The van der Waals surface area contributed by atoms with E-state index in [1.807, 2.05) is 18.2 Å². The highest BCUT2D eigenvalue weighted by atomic mass is 19.4. The van der Waals surface area contributed by atoms with Gasteiger partial charge in [-0.05, 0) is 12.1 Å². The molecular weight excluding hydrogens is 313 g/mol. The Kier molecular flexibility index (Phi) is 5.46. The van der Waals surface area contributed by atoms with Crippen molar-refractivity contribution in [2.24, 2.45) is 0 Å². The Morgan fingerprint density at radius 2 is 1.57 bits per heavy atom. The Morgan fingerprint density at radius 1 is 1.00 bits per heavy atom. The van der Waals surface area contributed by atoms with Gasteiger partial charge in [-0.25, -0.2) is 0 Å². The SMILES string of the molecule is O=C(CCOc1ccccc1)N1CCN(C(=O)C(F)(F)F)CC1. The van der Waals surface area contributed by atoms with Crippen LogP contribution in [0.4, 0.5) is 13.2 Å². The quantitative estimate of drug-likeness (QED) is 0.844. The number of amides is 2. The van der Waals surface area contributed by atoms with Crippen LogP contribution in [0.15, 0.2) is 30.3 Å². The summed E-state index contributed by atoms with van der Waals surface area (Å²) in [4.78, 5) is 25.3. The molecule has 0 unspecified atom stereocenters. The molecule has 2 rings (SSSR count). The number of para-hydroxylation sites is 1. The van der Waals surface area contributed by atoms with Crippen LogP contribution in [-0.4, -0.2) is 60.6 Å². The molecule has 126 valence electrons. The Balaban J connectivity index is 1.72. The van der Waals surface area contributed by atoms with E-state index in [1.165, 1.54) is 4.90 Å². The minimum atomic E-state index is -4.87. The van der Waals surface area contributed by atoms with Crippen molar-refractivity contribution in [1.29, 1.82) is 0 Å². The maximum absolute atomic E-state index is 12.3. The molecule has 2 amide bonds. The predicted octanol–water partition coefficient (Wildman–Crippen LogP) is 1.69. The van der Waals surface area contributed by atoms with Gasteiger partial charge in [0.2, 0.25) is 5.91 Å². The average Bonchev–Trinajstić information content (AvgIpc) is 2.54. The van der Waals surface area contributed by atoms with E-state index in [1.54, 1.807) is 12.1 Å². The summed E-state index contributed by atoms with van der Waals surface area (Å²) >= 11 is 0. The number of halogens is 3. The van der Waals surface area contributed by atoms with Gasteiger partial charge in [-0.2, -0.15) is 13.2 Å². The summed E-state index contributed by atoms with van der Waals surface area (Å²) < 4.78 is 42.4. The summed E-state index contributed by atoms with van der Waals surface area (Å²) in [6.45, 7) is 0.190. The van der Waals surface area contributed by atoms with E-state index in [0.29, 0.717) is 5.75 Å². The number of ether oxygens (including phenoxy) is 1. The van der Waals surface area contributed by atoms with E-state index < -0.39 is 12.1 Å². The van der Waals surface area contributed by atoms with E-state index in [9.17, 15) is 22.8 Å². The van der Waals surface area contributed by atoms with Crippen LogP contribution in [0.3, 0.4) is 0 Å². The molecule has 23 heavy (non-hydrogen) atoms. The average molecular weight is 330 g/mol. The largest absolute Gasteiger partial charge is 0.493 e. The van der Waals surface area contributed by atoms with Gasteiger partial charge in [0.05, 0.1) is 13.0 Å². The molecule has 0 radical (unpaired) electrons. The van der Waals surface area contributed by atoms with Crippen molar-refractivity contribution in [3.8, 4) is 5.75 Å². The molecule has 1 aromatic carbocycles. The van der Waals surface area contributed by atoms with Crippen LogP contribution in [0.1, 0.15) is 6.42 Å². The van der Waals surface area contributed by atoms with Gasteiger partial charge in [0.15, 0.2) is 0 Å². The summed E-state index contributed by atoms with van der Waals surface area (Å²) in [5.74, 6) is -1.39. The summed E-state index contributed by atoms with van der Waals surface area (Å²) in [6, 6.07) is 9.01. The van der Waals surface area contributed by atoms with Gasteiger partial charge in [-0.3, -0.25) is 9.59 Å². The highest BCUT2D eigenvalue weighted by molar-refractivity contribution is 5.82. The second kappa shape index (κ2) is 7.34. The van der Waals surface area contributed by atoms with Crippen LogP contribution in [0.5, 0.6) is 5.75 Å². The van der Waals surface area contributed by atoms with Crippen LogP contribution < -0.4 is 4.74 Å². The first-order chi connectivity index (χ1) is 10.9. The van der Waals surface area contributed by atoms with Crippen molar-refractivity contribution < 1.29 is 27.5 Å². The fraction of sp³-hybridized carbons (Fsp3) is 0.467. The third-order valence-electron chi connectivity index (χ3n) is 3.49. The van der Waals surface area contributed by atoms with Crippen molar-refractivity contribution in [2.75, 3.05) is 32.8 Å². The molecule has 0 bridgehead atoms. The lowest BCUT2D eigenvalue weighted by molar-refractivity contribution is -0.187. The Morgan fingerprint density at radius 3 is 2.13 bits per heavy atom. The molecule has 0 spiro atoms. The zero-order valence-corrected chi connectivity index (χ0v) is 12.4. The number of hydrogen-bond acceptors (Lipinski definition) is 3. The van der Waals surface area contributed by atoms with E-state index in [0.717, 1.165) is 4.90 Å². The van der Waals surface area contributed by atoms with Crippen molar-refractivity contribution >= 4 is 11.8 Å². The van der Waals surface area contributed by atoms with Crippen LogP contribution in [0, 0.1) is 0 Å². The van der Waals surface area contributed by atoms with Gasteiger partial charge in [0.1, 0.15) is 5.75 Å². The zero-order valence-electron chi connectivity index (χ0n) is 12.4. The lowest BCUT2D eigenvalue weighted by Crippen LogP contribution is -2.53. The van der Waals surface area contributed by atoms with Gasteiger partial charge in [0.25, 0.3) is 0 Å². The Hall–Kier alpha value is -2.25. The molecule has 8 heteroatoms. The second-order valence-electron chi connectivity index (χ2n) is 5.08. The van der Waals surface area contributed by atoms with Crippen LogP contribution >= 0.6 is 0 Å². The maximum atomic E-state index is 12.3. The van der Waals surface area contributed by atoms with Gasteiger partial charge in [0, 0.05) is 26.2 Å². The maximum Gasteiger partial charge on any atom is 0.471 e. The Bertz CT molecular complexity index is 541. The molecule has 0 aromatic heterocycles. The molecule has 1 fully saturated rings. The molecule has 1 aliphatic heterocycles. The number of alkyl halides is 3. The van der Waals surface area contributed by atoms with Crippen molar-refractivity contribution in [3.63, 3.8) is 0 Å². The van der Waals surface area contributed by atoms with E-state index in [2.05, 4.69) is 0 Å². The summed E-state index contributed by atoms with van der Waals surface area (Å²) in [5, 5.41) is 0. The van der Waals surface area contributed by atoms with Crippen molar-refractivity contribution in [1.82, 2.24) is 9.80 Å². The van der Waals surface area contributed by atoms with E-state index >= 15 is 0 Å². The highest BCUT2D eigenvalue weighted by Gasteiger charge is 2.43. The predicted molar refractivity (Wildman–Crippen MR) is 75.8 cm³/mol. The van der Waals surface area contributed by atoms with Gasteiger partial charge in [-0.15, -0.1) is 0 Å². The molecule has 1 aromatic rings. The van der Waals surface area contributed by atoms with Crippen LogP contribution in [0.25, 0.3) is 0 Å². The molecular formula is C15H17F3N2O3. The molecule has 0 atom stereocenters. The van der Waals surface area contributed by atoms with Crippen molar-refractivity contribution in [3.05, 3.63) is 30.3 Å². The van der Waals surface area contributed by atoms with Crippen LogP contribution in [0.2, 0.25) is 0 Å². The molecule has 1 aliphatic rings. The molecule has 0 N–H and O–H groups in total. The number of piperazine rings is 1. The number of rotatable bonds is 4. The molecule has 1 heterocycles. The highest BCUT2D eigenvalue weighted by Crippen LogP contribution is 2.19. The topological polar surface area (TPSA) is 49.9 Å². The normalized spacial score (nSPS) is 15.4. The lowest BCUT2D eigenvalue weighted by atomic mass is 10.2. The minimum absolute atomic E-state index is 0.103. The third kappa shape index (κ3) is 4.87. The van der Waals surface area contributed by atoms with Gasteiger partial charge in [-0.1, -0.05) is 18.2 Å². The number of hydrogen-bond donors (Lipinski definition) is 0. The molecule has 1 saturated heterocycles.